The molecule has 0 unspecified atom stereocenters. The second-order valence-electron chi connectivity index (χ2n) is 5.55. The van der Waals surface area contributed by atoms with E-state index in [1.54, 1.807) is 0 Å². The Morgan fingerprint density at radius 2 is 1.89 bits per heavy atom. The molecule has 1 aromatic rings. The van der Waals surface area contributed by atoms with Gasteiger partial charge in [0, 0.05) is 12.3 Å². The lowest BCUT2D eigenvalue weighted by atomic mass is 10.0. The molecule has 1 nitrogen and oxygen atoms in total. The zero-order chi connectivity index (χ0) is 13.6. The second-order valence-corrected chi connectivity index (χ2v) is 10.6. The Labute approximate surface area is 111 Å². The number of hydrogen-bond acceptors (Lipinski definition) is 1. The molecular weight excluding hydrogens is 236 g/mol. The summed E-state index contributed by atoms with van der Waals surface area (Å²) in [4.78, 5) is 12.0. The van der Waals surface area contributed by atoms with Gasteiger partial charge in [-0.15, -0.1) is 6.58 Å². The van der Waals surface area contributed by atoms with Crippen LogP contribution in [0.25, 0.3) is 6.08 Å². The van der Waals surface area contributed by atoms with E-state index in [1.165, 1.54) is 0 Å². The summed E-state index contributed by atoms with van der Waals surface area (Å²) in [5, 5.41) is 0.408. The van der Waals surface area contributed by atoms with Gasteiger partial charge in [0.05, 0.1) is 0 Å². The number of carbonyl (C=O) groups excluding carboxylic acids is 1. The first kappa shape index (κ1) is 14.6. The smallest absolute Gasteiger partial charge is 0.123 e. The first-order valence-corrected chi connectivity index (χ1v) is 9.82. The largest absolute Gasteiger partial charge is 0.305 e. The van der Waals surface area contributed by atoms with Crippen molar-refractivity contribution in [1.29, 1.82) is 0 Å². The van der Waals surface area contributed by atoms with E-state index >= 15 is 0 Å². The number of carbonyl (C=O) groups is 1. The fraction of sp³-hybridized carbons (Fsp3) is 0.312. The summed E-state index contributed by atoms with van der Waals surface area (Å²) < 4.78 is 0. The molecule has 0 spiro atoms. The van der Waals surface area contributed by atoms with Crippen LogP contribution in [0.2, 0.25) is 19.6 Å². The molecule has 18 heavy (non-hydrogen) atoms. The standard InChI is InChI=1S/C16H22OSi/c1-5-14(13-16(17)18(2,3)4)11-12-15-9-7-6-8-10-15/h5-12,14H,1,13H2,2-4H3/b12-11+/t14-/m0/s1. The molecule has 0 saturated heterocycles. The Morgan fingerprint density at radius 3 is 2.39 bits per heavy atom. The third kappa shape index (κ3) is 4.84. The van der Waals surface area contributed by atoms with Crippen molar-refractivity contribution in [3.63, 3.8) is 0 Å². The van der Waals surface area contributed by atoms with Crippen molar-refractivity contribution in [2.24, 2.45) is 5.92 Å². The molecule has 0 aromatic heterocycles. The average Bonchev–Trinajstić information content (AvgIpc) is 2.34. The molecular formula is C16H22OSi. The molecule has 0 saturated carbocycles. The normalized spacial score (nSPS) is 13.5. The van der Waals surface area contributed by atoms with Gasteiger partial charge in [0.1, 0.15) is 13.5 Å². The summed E-state index contributed by atoms with van der Waals surface area (Å²) in [5.41, 5.74) is 1.16. The van der Waals surface area contributed by atoms with Crippen molar-refractivity contribution in [3.8, 4) is 0 Å². The van der Waals surface area contributed by atoms with Gasteiger partial charge in [-0.05, 0) is 5.56 Å². The van der Waals surface area contributed by atoms with Crippen LogP contribution < -0.4 is 0 Å². The van der Waals surface area contributed by atoms with Crippen molar-refractivity contribution in [2.45, 2.75) is 26.1 Å². The molecule has 0 bridgehead atoms. The molecule has 2 heteroatoms. The van der Waals surface area contributed by atoms with E-state index in [1.807, 2.05) is 24.3 Å². The summed E-state index contributed by atoms with van der Waals surface area (Å²) in [6.45, 7) is 10.1. The number of hydrogen-bond donors (Lipinski definition) is 0. The molecule has 1 atom stereocenters. The molecule has 0 amide bonds. The van der Waals surface area contributed by atoms with Crippen molar-refractivity contribution in [3.05, 3.63) is 54.6 Å². The van der Waals surface area contributed by atoms with Crippen LogP contribution in [0.5, 0.6) is 0 Å². The molecule has 1 aromatic carbocycles. The van der Waals surface area contributed by atoms with Crippen LogP contribution in [0.15, 0.2) is 49.1 Å². The molecule has 0 aliphatic carbocycles. The van der Waals surface area contributed by atoms with E-state index < -0.39 is 8.07 Å². The third-order valence-electron chi connectivity index (χ3n) is 2.90. The van der Waals surface area contributed by atoms with Gasteiger partial charge in [0.25, 0.3) is 0 Å². The van der Waals surface area contributed by atoms with Crippen LogP contribution >= 0.6 is 0 Å². The van der Waals surface area contributed by atoms with Gasteiger partial charge in [0.15, 0.2) is 0 Å². The van der Waals surface area contributed by atoms with Gasteiger partial charge in [-0.2, -0.15) is 0 Å². The maximum Gasteiger partial charge on any atom is 0.123 e. The van der Waals surface area contributed by atoms with Crippen molar-refractivity contribution >= 4 is 19.6 Å². The van der Waals surface area contributed by atoms with E-state index in [0.717, 1.165) is 5.56 Å². The molecule has 0 aliphatic rings. The molecule has 1 rings (SSSR count). The Balaban J connectivity index is 2.66. The maximum atomic E-state index is 12.0. The number of allylic oxidation sites excluding steroid dienone is 2. The average molecular weight is 258 g/mol. The van der Waals surface area contributed by atoms with Crippen LogP contribution in [0.4, 0.5) is 0 Å². The van der Waals surface area contributed by atoms with Crippen molar-refractivity contribution in [2.75, 3.05) is 0 Å². The topological polar surface area (TPSA) is 17.1 Å². The van der Waals surface area contributed by atoms with Gasteiger partial charge in [-0.3, -0.25) is 0 Å². The van der Waals surface area contributed by atoms with Gasteiger partial charge in [-0.25, -0.2) is 0 Å². The van der Waals surface area contributed by atoms with Crippen LogP contribution in [-0.2, 0) is 4.79 Å². The summed E-state index contributed by atoms with van der Waals surface area (Å²) >= 11 is 0. The maximum absolute atomic E-state index is 12.0. The lowest BCUT2D eigenvalue weighted by molar-refractivity contribution is -0.113. The second kappa shape index (κ2) is 6.50. The van der Waals surface area contributed by atoms with Crippen LogP contribution in [-0.4, -0.2) is 13.5 Å². The summed E-state index contributed by atoms with van der Waals surface area (Å²) in [6, 6.07) is 10.1. The van der Waals surface area contributed by atoms with Gasteiger partial charge >= 0.3 is 0 Å². The minimum Gasteiger partial charge on any atom is -0.305 e. The van der Waals surface area contributed by atoms with E-state index in [9.17, 15) is 4.79 Å². The third-order valence-corrected chi connectivity index (χ3v) is 4.77. The monoisotopic (exact) mass is 258 g/mol. The Bertz CT molecular complexity index is 426. The Morgan fingerprint density at radius 1 is 1.28 bits per heavy atom. The highest BCUT2D eigenvalue weighted by Crippen LogP contribution is 2.15. The summed E-state index contributed by atoms with van der Waals surface area (Å²) in [7, 11) is -1.67. The first-order valence-electron chi connectivity index (χ1n) is 6.32. The molecule has 0 heterocycles. The number of benzene rings is 1. The predicted molar refractivity (Wildman–Crippen MR) is 82.1 cm³/mol. The lowest BCUT2D eigenvalue weighted by Gasteiger charge is -2.16. The predicted octanol–water partition coefficient (Wildman–Crippen LogP) is 4.34. The van der Waals surface area contributed by atoms with Gasteiger partial charge in [-0.1, -0.05) is 68.2 Å². The quantitative estimate of drug-likeness (QED) is 0.548. The zero-order valence-corrected chi connectivity index (χ0v) is 12.5. The minimum atomic E-state index is -1.67. The van der Waals surface area contributed by atoms with Crippen molar-refractivity contribution in [1.82, 2.24) is 0 Å². The highest BCUT2D eigenvalue weighted by Gasteiger charge is 2.24. The first-order chi connectivity index (χ1) is 8.43. The van der Waals surface area contributed by atoms with Gasteiger partial charge < -0.3 is 4.79 Å². The molecule has 0 aliphatic heterocycles. The van der Waals surface area contributed by atoms with Crippen molar-refractivity contribution < 1.29 is 4.79 Å². The highest BCUT2D eigenvalue weighted by atomic mass is 28.3. The highest BCUT2D eigenvalue weighted by molar-refractivity contribution is 7.03. The van der Waals surface area contributed by atoms with Crippen LogP contribution in [0.1, 0.15) is 12.0 Å². The molecule has 96 valence electrons. The molecule has 0 fully saturated rings. The van der Waals surface area contributed by atoms with E-state index in [2.05, 4.69) is 50.5 Å². The molecule has 0 radical (unpaired) electrons. The zero-order valence-electron chi connectivity index (χ0n) is 11.5. The lowest BCUT2D eigenvalue weighted by Crippen LogP contribution is -2.34. The van der Waals surface area contributed by atoms with E-state index in [-0.39, 0.29) is 5.92 Å². The van der Waals surface area contributed by atoms with Gasteiger partial charge in [0.2, 0.25) is 0 Å². The Hall–Kier alpha value is -1.41. The Kier molecular flexibility index (Phi) is 5.29. The SMILES string of the molecule is C=C[C@@H](/C=C/c1ccccc1)CC(=O)[Si](C)(C)C. The number of rotatable bonds is 6. The fourth-order valence-electron chi connectivity index (χ4n) is 1.55. The van der Waals surface area contributed by atoms with Crippen LogP contribution in [0, 0.1) is 5.92 Å². The van der Waals surface area contributed by atoms with E-state index in [4.69, 9.17) is 0 Å². The molecule has 0 N–H and O–H groups in total. The summed E-state index contributed by atoms with van der Waals surface area (Å²) in [6.07, 6.45) is 6.57. The fourth-order valence-corrected chi connectivity index (χ4v) is 2.40. The van der Waals surface area contributed by atoms with E-state index in [0.29, 0.717) is 11.8 Å². The minimum absolute atomic E-state index is 0.143. The van der Waals surface area contributed by atoms with Crippen LogP contribution in [0.3, 0.4) is 0 Å². The summed E-state index contributed by atoms with van der Waals surface area (Å²) in [5.74, 6) is 0.143.